The van der Waals surface area contributed by atoms with E-state index in [1.54, 1.807) is 18.4 Å². The molecule has 1 fully saturated rings. The smallest absolute Gasteiger partial charge is 0.246 e. The Morgan fingerprint density at radius 3 is 2.67 bits per heavy atom. The maximum Gasteiger partial charge on any atom is 0.246 e. The molecule has 4 nitrogen and oxygen atoms in total. The second-order valence-corrected chi connectivity index (χ2v) is 6.12. The van der Waals surface area contributed by atoms with Gasteiger partial charge in [-0.1, -0.05) is 30.3 Å². The summed E-state index contributed by atoms with van der Waals surface area (Å²) >= 11 is 0. The minimum atomic E-state index is 0.0510. The van der Waals surface area contributed by atoms with Crippen LogP contribution in [0.25, 0.3) is 6.08 Å². The largest absolute Gasteiger partial charge is 0.465 e. The lowest BCUT2D eigenvalue weighted by molar-refractivity contribution is -0.127. The Bertz CT molecular complexity index is 641. The van der Waals surface area contributed by atoms with Crippen molar-refractivity contribution in [3.8, 4) is 0 Å². The third-order valence-electron chi connectivity index (χ3n) is 4.32. The van der Waals surface area contributed by atoms with Crippen LogP contribution in [0, 0.1) is 5.92 Å². The predicted octanol–water partition coefficient (Wildman–Crippen LogP) is 3.75. The normalized spacial score (nSPS) is 15.9. The van der Waals surface area contributed by atoms with E-state index in [-0.39, 0.29) is 5.91 Å². The number of amides is 1. The van der Waals surface area contributed by atoms with Crippen molar-refractivity contribution in [3.63, 3.8) is 0 Å². The van der Waals surface area contributed by atoms with E-state index >= 15 is 0 Å². The number of hydrogen-bond donors (Lipinski definition) is 0. The second-order valence-electron chi connectivity index (χ2n) is 6.12. The molecular weight excluding hydrogens is 302 g/mol. The SMILES string of the molecule is O=C(/C=C/c1ccco1)N1CCC(COCc2ccccc2)CC1. The number of piperidine rings is 1. The zero-order valence-corrected chi connectivity index (χ0v) is 13.8. The summed E-state index contributed by atoms with van der Waals surface area (Å²) in [5.41, 5.74) is 1.20. The van der Waals surface area contributed by atoms with E-state index in [9.17, 15) is 4.79 Å². The van der Waals surface area contributed by atoms with Gasteiger partial charge in [0.15, 0.2) is 0 Å². The molecule has 0 aliphatic carbocycles. The maximum atomic E-state index is 12.2. The molecule has 1 aromatic carbocycles. The van der Waals surface area contributed by atoms with Crippen LogP contribution in [0.1, 0.15) is 24.2 Å². The summed E-state index contributed by atoms with van der Waals surface area (Å²) in [5.74, 6) is 1.29. The van der Waals surface area contributed by atoms with Crippen LogP contribution >= 0.6 is 0 Å². The van der Waals surface area contributed by atoms with Crippen molar-refractivity contribution in [3.05, 3.63) is 66.1 Å². The fraction of sp³-hybridized carbons (Fsp3) is 0.350. The number of carbonyl (C=O) groups is 1. The van der Waals surface area contributed by atoms with Gasteiger partial charge in [-0.15, -0.1) is 0 Å². The van der Waals surface area contributed by atoms with E-state index in [4.69, 9.17) is 9.15 Å². The topological polar surface area (TPSA) is 42.7 Å². The zero-order valence-electron chi connectivity index (χ0n) is 13.8. The lowest BCUT2D eigenvalue weighted by Gasteiger charge is -2.31. The first kappa shape index (κ1) is 16.5. The molecule has 1 aliphatic rings. The summed E-state index contributed by atoms with van der Waals surface area (Å²) in [4.78, 5) is 14.1. The molecule has 2 heterocycles. The number of furan rings is 1. The van der Waals surface area contributed by atoms with Crippen molar-refractivity contribution in [2.45, 2.75) is 19.4 Å². The molecule has 0 unspecified atom stereocenters. The minimum Gasteiger partial charge on any atom is -0.465 e. The van der Waals surface area contributed by atoms with E-state index in [0.29, 0.717) is 18.3 Å². The molecule has 1 aliphatic heterocycles. The summed E-state index contributed by atoms with van der Waals surface area (Å²) in [6.07, 6.45) is 6.90. The summed E-state index contributed by atoms with van der Waals surface area (Å²) in [7, 11) is 0. The van der Waals surface area contributed by atoms with Crippen LogP contribution in [0.3, 0.4) is 0 Å². The fourth-order valence-corrected chi connectivity index (χ4v) is 2.88. The quantitative estimate of drug-likeness (QED) is 0.760. The predicted molar refractivity (Wildman–Crippen MR) is 93.1 cm³/mol. The van der Waals surface area contributed by atoms with Crippen LogP contribution in [-0.4, -0.2) is 30.5 Å². The molecule has 2 aromatic rings. The highest BCUT2D eigenvalue weighted by Crippen LogP contribution is 2.18. The third-order valence-corrected chi connectivity index (χ3v) is 4.32. The van der Waals surface area contributed by atoms with Crippen molar-refractivity contribution in [2.75, 3.05) is 19.7 Å². The molecule has 1 amide bonds. The highest BCUT2D eigenvalue weighted by molar-refractivity contribution is 5.91. The number of benzene rings is 1. The van der Waals surface area contributed by atoms with Gasteiger partial charge in [0.25, 0.3) is 0 Å². The summed E-state index contributed by atoms with van der Waals surface area (Å²) in [5, 5.41) is 0. The van der Waals surface area contributed by atoms with E-state index in [1.165, 1.54) is 5.56 Å². The van der Waals surface area contributed by atoms with Crippen molar-refractivity contribution in [1.82, 2.24) is 4.90 Å². The Kier molecular flexibility index (Phi) is 5.85. The first-order chi connectivity index (χ1) is 11.8. The van der Waals surface area contributed by atoms with Gasteiger partial charge in [-0.25, -0.2) is 0 Å². The number of hydrogen-bond acceptors (Lipinski definition) is 3. The van der Waals surface area contributed by atoms with E-state index < -0.39 is 0 Å². The van der Waals surface area contributed by atoms with Gasteiger partial charge in [0.2, 0.25) is 5.91 Å². The first-order valence-corrected chi connectivity index (χ1v) is 8.43. The van der Waals surface area contributed by atoms with Gasteiger partial charge < -0.3 is 14.1 Å². The molecule has 126 valence electrons. The van der Waals surface area contributed by atoms with Crippen LogP contribution in [0.5, 0.6) is 0 Å². The number of nitrogens with zero attached hydrogens (tertiary/aromatic N) is 1. The Morgan fingerprint density at radius 2 is 1.96 bits per heavy atom. The van der Waals surface area contributed by atoms with Crippen LogP contribution in [-0.2, 0) is 16.1 Å². The fourth-order valence-electron chi connectivity index (χ4n) is 2.88. The Hall–Kier alpha value is -2.33. The van der Waals surface area contributed by atoms with Gasteiger partial charge >= 0.3 is 0 Å². The summed E-state index contributed by atoms with van der Waals surface area (Å²) in [6, 6.07) is 13.9. The molecule has 0 radical (unpaired) electrons. The zero-order chi connectivity index (χ0) is 16.6. The van der Waals surface area contributed by atoms with Crippen molar-refractivity contribution in [2.24, 2.45) is 5.92 Å². The molecule has 4 heteroatoms. The van der Waals surface area contributed by atoms with Gasteiger partial charge in [0, 0.05) is 25.8 Å². The number of ether oxygens (including phenoxy) is 1. The van der Waals surface area contributed by atoms with Crippen LogP contribution < -0.4 is 0 Å². The highest BCUT2D eigenvalue weighted by atomic mass is 16.5. The van der Waals surface area contributed by atoms with Gasteiger partial charge in [0.05, 0.1) is 12.9 Å². The van der Waals surface area contributed by atoms with Crippen molar-refractivity contribution < 1.29 is 13.9 Å². The average molecular weight is 325 g/mol. The molecule has 0 N–H and O–H groups in total. The van der Waals surface area contributed by atoms with E-state index in [2.05, 4.69) is 12.1 Å². The van der Waals surface area contributed by atoms with Gasteiger partial charge in [-0.3, -0.25) is 4.79 Å². The van der Waals surface area contributed by atoms with Crippen LogP contribution in [0.15, 0.2) is 59.2 Å². The Morgan fingerprint density at radius 1 is 1.17 bits per heavy atom. The Labute approximate surface area is 142 Å². The Balaban J connectivity index is 1.37. The first-order valence-electron chi connectivity index (χ1n) is 8.43. The number of carbonyl (C=O) groups excluding carboxylic acids is 1. The molecule has 1 aromatic heterocycles. The summed E-state index contributed by atoms with van der Waals surface area (Å²) < 4.78 is 11.0. The third kappa shape index (κ3) is 4.83. The van der Waals surface area contributed by atoms with Crippen molar-refractivity contribution >= 4 is 12.0 Å². The number of likely N-dealkylation sites (tertiary alicyclic amines) is 1. The van der Waals surface area contributed by atoms with Crippen molar-refractivity contribution in [1.29, 1.82) is 0 Å². The average Bonchev–Trinajstić information content (AvgIpc) is 3.15. The van der Waals surface area contributed by atoms with Crippen LogP contribution in [0.4, 0.5) is 0 Å². The van der Waals surface area contributed by atoms with Crippen LogP contribution in [0.2, 0.25) is 0 Å². The second kappa shape index (κ2) is 8.50. The lowest BCUT2D eigenvalue weighted by atomic mass is 9.98. The molecule has 1 saturated heterocycles. The van der Waals surface area contributed by atoms with Gasteiger partial charge in [-0.05, 0) is 42.5 Å². The highest BCUT2D eigenvalue weighted by Gasteiger charge is 2.21. The standard InChI is InChI=1S/C20H23NO3/c22-20(9-8-19-7-4-14-24-19)21-12-10-18(11-13-21)16-23-15-17-5-2-1-3-6-17/h1-9,14,18H,10-13,15-16H2/b9-8+. The molecule has 3 rings (SSSR count). The van der Waals surface area contributed by atoms with E-state index in [0.717, 1.165) is 32.5 Å². The monoisotopic (exact) mass is 325 g/mol. The maximum absolute atomic E-state index is 12.2. The molecule has 0 bridgehead atoms. The lowest BCUT2D eigenvalue weighted by Crippen LogP contribution is -2.38. The number of rotatable bonds is 6. The molecular formula is C20H23NO3. The summed E-state index contributed by atoms with van der Waals surface area (Å²) in [6.45, 7) is 3.01. The molecule has 0 atom stereocenters. The molecule has 0 spiro atoms. The van der Waals surface area contributed by atoms with Gasteiger partial charge in [-0.2, -0.15) is 0 Å². The van der Waals surface area contributed by atoms with Gasteiger partial charge in [0.1, 0.15) is 5.76 Å². The minimum absolute atomic E-state index is 0.0510. The van der Waals surface area contributed by atoms with E-state index in [1.807, 2.05) is 35.2 Å². The molecule has 24 heavy (non-hydrogen) atoms. The molecule has 0 saturated carbocycles.